The molecular weight excluding hydrogens is 236 g/mol. The van der Waals surface area contributed by atoms with Gasteiger partial charge in [0.15, 0.2) is 0 Å². The summed E-state index contributed by atoms with van der Waals surface area (Å²) in [6, 6.07) is 12.0. The van der Waals surface area contributed by atoms with Crippen molar-refractivity contribution in [3.63, 3.8) is 0 Å². The van der Waals surface area contributed by atoms with Crippen molar-refractivity contribution in [1.29, 1.82) is 0 Å². The van der Waals surface area contributed by atoms with Crippen LogP contribution in [0.1, 0.15) is 23.6 Å². The van der Waals surface area contributed by atoms with E-state index in [0.29, 0.717) is 13.1 Å². The van der Waals surface area contributed by atoms with Crippen molar-refractivity contribution in [2.24, 2.45) is 0 Å². The van der Waals surface area contributed by atoms with Gasteiger partial charge in [-0.3, -0.25) is 9.78 Å². The third-order valence-electron chi connectivity index (χ3n) is 3.16. The Bertz CT molecular complexity index is 552. The Kier molecular flexibility index (Phi) is 4.29. The average Bonchev–Trinajstić information content (AvgIpc) is 2.41. The first kappa shape index (κ1) is 13.3. The minimum absolute atomic E-state index is 0.0760. The van der Waals surface area contributed by atoms with Crippen LogP contribution >= 0.6 is 0 Å². The predicted molar refractivity (Wildman–Crippen MR) is 75.3 cm³/mol. The van der Waals surface area contributed by atoms with Crippen LogP contribution in [0.25, 0.3) is 0 Å². The Labute approximate surface area is 113 Å². The molecule has 2 aromatic rings. The number of aromatic nitrogens is 1. The van der Waals surface area contributed by atoms with Crippen molar-refractivity contribution in [2.75, 3.05) is 0 Å². The van der Waals surface area contributed by atoms with Crippen LogP contribution in [-0.2, 0) is 17.9 Å². The average molecular weight is 254 g/mol. The van der Waals surface area contributed by atoms with Crippen molar-refractivity contribution in [2.45, 2.75) is 26.9 Å². The molecule has 0 aliphatic rings. The standard InChI is InChI=1S/C16H18N2O/c1-13-6-3-4-8-16(13)12-18(14(2)19)11-15-7-5-9-17-10-15/h3-10H,11-12H2,1-2H3. The van der Waals surface area contributed by atoms with Crippen LogP contribution in [0.5, 0.6) is 0 Å². The Morgan fingerprint density at radius 1 is 1.16 bits per heavy atom. The second-order valence-electron chi connectivity index (χ2n) is 4.66. The van der Waals surface area contributed by atoms with Crippen LogP contribution in [0, 0.1) is 6.92 Å². The highest BCUT2D eigenvalue weighted by molar-refractivity contribution is 5.73. The van der Waals surface area contributed by atoms with Gasteiger partial charge in [0.05, 0.1) is 0 Å². The fraction of sp³-hybridized carbons (Fsp3) is 0.250. The van der Waals surface area contributed by atoms with E-state index in [-0.39, 0.29) is 5.91 Å². The molecule has 0 radical (unpaired) electrons. The molecule has 1 amide bonds. The highest BCUT2D eigenvalue weighted by Gasteiger charge is 2.11. The van der Waals surface area contributed by atoms with E-state index in [1.54, 1.807) is 19.3 Å². The molecule has 1 heterocycles. The number of aryl methyl sites for hydroxylation is 1. The van der Waals surface area contributed by atoms with Gasteiger partial charge >= 0.3 is 0 Å². The fourth-order valence-corrected chi connectivity index (χ4v) is 1.98. The Morgan fingerprint density at radius 3 is 2.58 bits per heavy atom. The lowest BCUT2D eigenvalue weighted by Gasteiger charge is -2.22. The maximum absolute atomic E-state index is 11.8. The van der Waals surface area contributed by atoms with E-state index >= 15 is 0 Å². The minimum atomic E-state index is 0.0760. The lowest BCUT2D eigenvalue weighted by atomic mass is 10.1. The summed E-state index contributed by atoms with van der Waals surface area (Å²) in [6.07, 6.45) is 3.54. The Morgan fingerprint density at radius 2 is 1.95 bits per heavy atom. The molecule has 0 spiro atoms. The van der Waals surface area contributed by atoms with E-state index in [4.69, 9.17) is 0 Å². The molecule has 19 heavy (non-hydrogen) atoms. The molecule has 98 valence electrons. The van der Waals surface area contributed by atoms with Gasteiger partial charge in [0, 0.05) is 32.4 Å². The first-order valence-corrected chi connectivity index (χ1v) is 6.36. The maximum atomic E-state index is 11.8. The second-order valence-corrected chi connectivity index (χ2v) is 4.66. The monoisotopic (exact) mass is 254 g/mol. The molecule has 0 N–H and O–H groups in total. The van der Waals surface area contributed by atoms with E-state index in [1.807, 2.05) is 29.2 Å². The van der Waals surface area contributed by atoms with Gasteiger partial charge in [0.1, 0.15) is 0 Å². The van der Waals surface area contributed by atoms with Crippen LogP contribution in [0.2, 0.25) is 0 Å². The lowest BCUT2D eigenvalue weighted by Crippen LogP contribution is -2.28. The van der Waals surface area contributed by atoms with E-state index in [2.05, 4.69) is 24.0 Å². The maximum Gasteiger partial charge on any atom is 0.220 e. The van der Waals surface area contributed by atoms with Crippen molar-refractivity contribution < 1.29 is 4.79 Å². The molecule has 0 aliphatic carbocycles. The molecule has 0 saturated carbocycles. The molecule has 0 aliphatic heterocycles. The van der Waals surface area contributed by atoms with Crippen molar-refractivity contribution in [1.82, 2.24) is 9.88 Å². The topological polar surface area (TPSA) is 33.2 Å². The molecular formula is C16H18N2O. The number of amides is 1. The number of benzene rings is 1. The molecule has 0 unspecified atom stereocenters. The fourth-order valence-electron chi connectivity index (χ4n) is 1.98. The summed E-state index contributed by atoms with van der Waals surface area (Å²) in [7, 11) is 0. The van der Waals surface area contributed by atoms with Crippen LogP contribution in [0.3, 0.4) is 0 Å². The van der Waals surface area contributed by atoms with Gasteiger partial charge < -0.3 is 4.90 Å². The van der Waals surface area contributed by atoms with E-state index in [9.17, 15) is 4.79 Å². The molecule has 0 fully saturated rings. The van der Waals surface area contributed by atoms with Crippen LogP contribution < -0.4 is 0 Å². The van der Waals surface area contributed by atoms with Gasteiger partial charge in [-0.05, 0) is 29.7 Å². The lowest BCUT2D eigenvalue weighted by molar-refractivity contribution is -0.130. The van der Waals surface area contributed by atoms with E-state index in [1.165, 1.54) is 11.1 Å². The molecule has 1 aromatic carbocycles. The minimum Gasteiger partial charge on any atom is -0.334 e. The summed E-state index contributed by atoms with van der Waals surface area (Å²) >= 11 is 0. The van der Waals surface area contributed by atoms with Gasteiger partial charge in [-0.2, -0.15) is 0 Å². The predicted octanol–water partition coefficient (Wildman–Crippen LogP) is 2.94. The molecule has 3 heteroatoms. The summed E-state index contributed by atoms with van der Waals surface area (Å²) in [6.45, 7) is 4.90. The zero-order valence-corrected chi connectivity index (χ0v) is 11.3. The zero-order chi connectivity index (χ0) is 13.7. The molecule has 3 nitrogen and oxygen atoms in total. The van der Waals surface area contributed by atoms with Crippen LogP contribution in [-0.4, -0.2) is 15.8 Å². The highest BCUT2D eigenvalue weighted by atomic mass is 16.2. The highest BCUT2D eigenvalue weighted by Crippen LogP contribution is 2.13. The number of rotatable bonds is 4. The third-order valence-corrected chi connectivity index (χ3v) is 3.16. The number of carbonyl (C=O) groups excluding carboxylic acids is 1. The quantitative estimate of drug-likeness (QED) is 0.840. The summed E-state index contributed by atoms with van der Waals surface area (Å²) in [5.74, 6) is 0.0760. The first-order chi connectivity index (χ1) is 9.16. The van der Waals surface area contributed by atoms with E-state index in [0.717, 1.165) is 5.56 Å². The number of hydrogen-bond donors (Lipinski definition) is 0. The summed E-state index contributed by atoms with van der Waals surface area (Å²) in [4.78, 5) is 17.7. The summed E-state index contributed by atoms with van der Waals surface area (Å²) < 4.78 is 0. The summed E-state index contributed by atoms with van der Waals surface area (Å²) in [5, 5.41) is 0. The molecule has 1 aromatic heterocycles. The second kappa shape index (κ2) is 6.14. The first-order valence-electron chi connectivity index (χ1n) is 6.36. The smallest absolute Gasteiger partial charge is 0.220 e. The molecule has 0 atom stereocenters. The van der Waals surface area contributed by atoms with Crippen LogP contribution in [0.15, 0.2) is 48.8 Å². The zero-order valence-electron chi connectivity index (χ0n) is 11.3. The van der Waals surface area contributed by atoms with Crippen molar-refractivity contribution in [3.05, 3.63) is 65.5 Å². The van der Waals surface area contributed by atoms with Gasteiger partial charge in [-0.1, -0.05) is 30.3 Å². The Hall–Kier alpha value is -2.16. The number of nitrogens with zero attached hydrogens (tertiary/aromatic N) is 2. The molecule has 2 rings (SSSR count). The SMILES string of the molecule is CC(=O)N(Cc1cccnc1)Cc1ccccc1C. The van der Waals surface area contributed by atoms with Gasteiger partial charge in [0.2, 0.25) is 5.91 Å². The van der Waals surface area contributed by atoms with Crippen molar-refractivity contribution in [3.8, 4) is 0 Å². The number of pyridine rings is 1. The number of hydrogen-bond acceptors (Lipinski definition) is 2. The summed E-state index contributed by atoms with van der Waals surface area (Å²) in [5.41, 5.74) is 3.44. The number of carbonyl (C=O) groups is 1. The molecule has 0 saturated heterocycles. The normalized spacial score (nSPS) is 10.2. The Balaban J connectivity index is 2.13. The van der Waals surface area contributed by atoms with Gasteiger partial charge in [0.25, 0.3) is 0 Å². The van der Waals surface area contributed by atoms with Crippen LogP contribution in [0.4, 0.5) is 0 Å². The largest absolute Gasteiger partial charge is 0.334 e. The van der Waals surface area contributed by atoms with E-state index < -0.39 is 0 Å². The third kappa shape index (κ3) is 3.65. The van der Waals surface area contributed by atoms with Crippen molar-refractivity contribution >= 4 is 5.91 Å². The van der Waals surface area contributed by atoms with Gasteiger partial charge in [-0.25, -0.2) is 0 Å². The molecule has 0 bridgehead atoms. The van der Waals surface area contributed by atoms with Gasteiger partial charge in [-0.15, -0.1) is 0 Å².